The Morgan fingerprint density at radius 2 is 1.71 bits per heavy atom. The normalized spacial score (nSPS) is 17.8. The van der Waals surface area contributed by atoms with Gasteiger partial charge in [-0.25, -0.2) is 4.79 Å². The van der Waals surface area contributed by atoms with Crippen LogP contribution in [0.5, 0.6) is 11.5 Å². The number of carboxylic acids is 1. The minimum Gasteiger partial charge on any atom is -0.494 e. The topological polar surface area (TPSA) is 104 Å². The van der Waals surface area contributed by atoms with Gasteiger partial charge in [0, 0.05) is 71.8 Å². The van der Waals surface area contributed by atoms with Gasteiger partial charge < -0.3 is 33.1 Å². The van der Waals surface area contributed by atoms with Gasteiger partial charge in [0.25, 0.3) is 5.91 Å². The largest absolute Gasteiger partial charge is 0.494 e. The lowest BCUT2D eigenvalue weighted by molar-refractivity contribution is -0.879. The number of quaternary nitrogens is 1. The number of hydrogen-bond acceptors (Lipinski definition) is 5. The number of carboxylic acid groups (broad SMARTS) is 1. The van der Waals surface area contributed by atoms with Crippen molar-refractivity contribution in [1.82, 2.24) is 18.9 Å². The fourth-order valence-corrected chi connectivity index (χ4v) is 9.74. The standard InChI is InChI=1S/C45H50Cl2N6O5/c1-24-17-31(18-25(2)40(24)47)57-16-10-11-33-34-12-13-35(46)39(38-27(4)48-50(7)28(38)5)42(34)52-26(3)22-51(44(54)43(33)52)36-21-32(58-30-14-15-53(8,9)23-30)19-29-20-37(45(55)56)49(6)41(29)36/h12-13,17-21,26,30H,10-11,14-16,22-23H2,1-9H3/p+1. The van der Waals surface area contributed by atoms with Crippen LogP contribution in [0.15, 0.2) is 42.5 Å². The number of aromatic nitrogens is 4. The molecule has 1 saturated heterocycles. The summed E-state index contributed by atoms with van der Waals surface area (Å²) in [6, 6.07) is 13.2. The highest BCUT2D eigenvalue weighted by atomic mass is 35.5. The van der Waals surface area contributed by atoms with E-state index in [9.17, 15) is 9.90 Å². The van der Waals surface area contributed by atoms with E-state index in [0.29, 0.717) is 59.0 Å². The molecule has 5 heterocycles. The van der Waals surface area contributed by atoms with Crippen LogP contribution in [-0.4, -0.2) is 86.8 Å². The summed E-state index contributed by atoms with van der Waals surface area (Å²) >= 11 is 13.6. The number of anilines is 1. The Hall–Kier alpha value is -4.97. The molecule has 13 heteroatoms. The highest BCUT2D eigenvalue weighted by molar-refractivity contribution is 6.35. The number of carbonyl (C=O) groups excluding carboxylic acids is 1. The molecular formula is C45H51Cl2N6O5+. The van der Waals surface area contributed by atoms with Crippen molar-refractivity contribution in [3.63, 3.8) is 0 Å². The second-order valence-electron chi connectivity index (χ2n) is 16.9. The molecule has 11 nitrogen and oxygen atoms in total. The molecule has 2 atom stereocenters. The Bertz CT molecular complexity index is 2650. The zero-order chi connectivity index (χ0) is 41.5. The molecule has 304 valence electrons. The molecule has 3 aromatic carbocycles. The van der Waals surface area contributed by atoms with E-state index in [1.165, 1.54) is 0 Å². The second kappa shape index (κ2) is 14.7. The molecule has 2 aliphatic heterocycles. The molecule has 0 radical (unpaired) electrons. The average Bonchev–Trinajstić information content (AvgIpc) is 3.86. The molecule has 1 N–H and O–H groups in total. The summed E-state index contributed by atoms with van der Waals surface area (Å²) in [6.45, 7) is 12.7. The van der Waals surface area contributed by atoms with Crippen molar-refractivity contribution >= 4 is 62.6 Å². The number of fused-ring (bicyclic) bond motifs is 4. The summed E-state index contributed by atoms with van der Waals surface area (Å²) in [5, 5.41) is 17.9. The first-order valence-electron chi connectivity index (χ1n) is 19.9. The number of aryl methyl sites for hydroxylation is 6. The molecule has 2 unspecified atom stereocenters. The van der Waals surface area contributed by atoms with Crippen LogP contribution >= 0.6 is 23.2 Å². The average molecular weight is 827 g/mol. The number of carbonyl (C=O) groups is 2. The van der Waals surface area contributed by atoms with Gasteiger partial charge in [-0.3, -0.25) is 9.48 Å². The van der Waals surface area contributed by atoms with Crippen LogP contribution < -0.4 is 14.4 Å². The lowest BCUT2D eigenvalue weighted by Gasteiger charge is -2.35. The number of aromatic carboxylic acids is 1. The van der Waals surface area contributed by atoms with Crippen LogP contribution in [-0.2, 0) is 20.5 Å². The number of likely N-dealkylation sites (tertiary alicyclic amines) is 1. The SMILES string of the molecule is Cc1cc(OCCCc2c3n(c4c(-c5c(C)nn(C)c5C)c(Cl)ccc24)C(C)CN(c2cc(OC4CC[N+](C)(C)C4)cc4cc(C(=O)O)n(C)c24)C3=O)cc(C)c1Cl. The summed E-state index contributed by atoms with van der Waals surface area (Å²) < 4.78 is 19.5. The molecule has 0 aliphatic carbocycles. The van der Waals surface area contributed by atoms with Crippen LogP contribution in [0, 0.1) is 27.7 Å². The Morgan fingerprint density at radius 1 is 0.983 bits per heavy atom. The van der Waals surface area contributed by atoms with Gasteiger partial charge in [0.15, 0.2) is 6.10 Å². The third-order valence-electron chi connectivity index (χ3n) is 12.2. The van der Waals surface area contributed by atoms with Crippen LogP contribution in [0.1, 0.15) is 74.9 Å². The van der Waals surface area contributed by atoms with Crippen molar-refractivity contribution in [2.45, 2.75) is 66.0 Å². The molecule has 3 aromatic heterocycles. The highest BCUT2D eigenvalue weighted by Crippen LogP contribution is 2.46. The lowest BCUT2D eigenvalue weighted by atomic mass is 9.98. The van der Waals surface area contributed by atoms with Crippen LogP contribution in [0.4, 0.5) is 5.69 Å². The summed E-state index contributed by atoms with van der Waals surface area (Å²) in [5.74, 6) is 0.153. The summed E-state index contributed by atoms with van der Waals surface area (Å²) in [7, 11) is 8.06. The molecule has 1 fully saturated rings. The lowest BCUT2D eigenvalue weighted by Crippen LogP contribution is -2.43. The van der Waals surface area contributed by atoms with Gasteiger partial charge in [-0.1, -0.05) is 29.3 Å². The first-order valence-corrected chi connectivity index (χ1v) is 20.6. The first kappa shape index (κ1) is 39.8. The van der Waals surface area contributed by atoms with Gasteiger partial charge in [-0.05, 0) is 94.5 Å². The summed E-state index contributed by atoms with van der Waals surface area (Å²) in [6.07, 6.45) is 2.10. The molecule has 1 amide bonds. The molecule has 2 aliphatic rings. The third kappa shape index (κ3) is 6.70. The monoisotopic (exact) mass is 825 g/mol. The van der Waals surface area contributed by atoms with Crippen molar-refractivity contribution in [3.05, 3.63) is 92.0 Å². The number of likely N-dealkylation sites (N-methyl/N-ethyl adjacent to an activating group) is 1. The van der Waals surface area contributed by atoms with Gasteiger partial charge in [-0.2, -0.15) is 5.10 Å². The van der Waals surface area contributed by atoms with Crippen LogP contribution in [0.2, 0.25) is 10.0 Å². The van der Waals surface area contributed by atoms with Gasteiger partial charge in [0.1, 0.15) is 29.4 Å². The predicted octanol–water partition coefficient (Wildman–Crippen LogP) is 9.23. The van der Waals surface area contributed by atoms with Crippen molar-refractivity contribution in [1.29, 1.82) is 0 Å². The van der Waals surface area contributed by atoms with Gasteiger partial charge in [-0.15, -0.1) is 0 Å². The van der Waals surface area contributed by atoms with Crippen molar-refractivity contribution in [2.24, 2.45) is 14.1 Å². The number of hydrogen-bond donors (Lipinski definition) is 1. The fourth-order valence-electron chi connectivity index (χ4n) is 9.39. The van der Waals surface area contributed by atoms with E-state index in [4.69, 9.17) is 37.8 Å². The fraction of sp³-hybridized carbons (Fsp3) is 0.400. The Balaban J connectivity index is 1.27. The van der Waals surface area contributed by atoms with Crippen molar-refractivity contribution < 1.29 is 28.7 Å². The van der Waals surface area contributed by atoms with E-state index >= 15 is 4.79 Å². The number of nitrogens with zero attached hydrogens (tertiary/aromatic N) is 6. The molecule has 0 bridgehead atoms. The van der Waals surface area contributed by atoms with E-state index in [1.54, 1.807) is 17.7 Å². The molecule has 0 spiro atoms. The zero-order valence-electron chi connectivity index (χ0n) is 34.7. The number of halogens is 2. The summed E-state index contributed by atoms with van der Waals surface area (Å²) in [5.41, 5.74) is 9.35. The number of ether oxygens (including phenoxy) is 2. The van der Waals surface area contributed by atoms with Gasteiger partial charge >= 0.3 is 5.97 Å². The quantitative estimate of drug-likeness (QED) is 0.109. The Kier molecular flexibility index (Phi) is 10.1. The van der Waals surface area contributed by atoms with Crippen molar-refractivity contribution in [2.75, 3.05) is 45.2 Å². The van der Waals surface area contributed by atoms with E-state index in [-0.39, 0.29) is 23.7 Å². The maximum Gasteiger partial charge on any atom is 0.352 e. The van der Waals surface area contributed by atoms with E-state index in [1.807, 2.05) is 80.7 Å². The smallest absolute Gasteiger partial charge is 0.352 e. The Labute approximate surface area is 348 Å². The molecule has 0 saturated carbocycles. The molecular weight excluding hydrogens is 775 g/mol. The van der Waals surface area contributed by atoms with E-state index in [2.05, 4.69) is 25.6 Å². The number of amides is 1. The number of rotatable bonds is 10. The highest BCUT2D eigenvalue weighted by Gasteiger charge is 2.39. The predicted molar refractivity (Wildman–Crippen MR) is 231 cm³/mol. The van der Waals surface area contributed by atoms with Crippen molar-refractivity contribution in [3.8, 4) is 22.6 Å². The third-order valence-corrected chi connectivity index (χ3v) is 13.1. The van der Waals surface area contributed by atoms with Crippen LogP contribution in [0.3, 0.4) is 0 Å². The molecule has 6 aromatic rings. The second-order valence-corrected chi connectivity index (χ2v) is 17.7. The molecule has 8 rings (SSSR count). The first-order chi connectivity index (χ1) is 27.5. The van der Waals surface area contributed by atoms with E-state index in [0.717, 1.165) is 84.9 Å². The minimum atomic E-state index is -1.04. The van der Waals surface area contributed by atoms with Gasteiger partial charge in [0.05, 0.1) is 54.7 Å². The molecule has 58 heavy (non-hydrogen) atoms. The summed E-state index contributed by atoms with van der Waals surface area (Å²) in [4.78, 5) is 29.7. The van der Waals surface area contributed by atoms with Crippen LogP contribution in [0.25, 0.3) is 32.9 Å². The maximum absolute atomic E-state index is 15.5. The van der Waals surface area contributed by atoms with Gasteiger partial charge in [0.2, 0.25) is 0 Å². The zero-order valence-corrected chi connectivity index (χ0v) is 36.2. The Morgan fingerprint density at radius 3 is 2.34 bits per heavy atom. The van der Waals surface area contributed by atoms with E-state index < -0.39 is 5.97 Å². The minimum absolute atomic E-state index is 0.00134. The maximum atomic E-state index is 15.5. The number of benzene rings is 3.